The smallest absolute Gasteiger partial charge is 0.253 e. The molecule has 1 N–H and O–H groups in total. The first kappa shape index (κ1) is 17.1. The summed E-state index contributed by atoms with van der Waals surface area (Å²) in [5, 5.41) is 3.51. The molecule has 4 heteroatoms. The zero-order valence-corrected chi connectivity index (χ0v) is 14.5. The average Bonchev–Trinajstić information content (AvgIpc) is 2.67. The third-order valence-corrected chi connectivity index (χ3v) is 4.31. The average molecular weight is 352 g/mol. The first-order chi connectivity index (χ1) is 12.2. The summed E-state index contributed by atoms with van der Waals surface area (Å²) >= 11 is 6.16. The minimum Gasteiger partial charge on any atom is -0.497 e. The number of benzene rings is 3. The van der Waals surface area contributed by atoms with E-state index in [2.05, 4.69) is 5.32 Å². The van der Waals surface area contributed by atoms with Gasteiger partial charge in [0.15, 0.2) is 0 Å². The lowest BCUT2D eigenvalue weighted by Gasteiger charge is -2.20. The Bertz CT molecular complexity index is 847. The van der Waals surface area contributed by atoms with Crippen LogP contribution < -0.4 is 10.1 Å². The fraction of sp³-hybridized carbons (Fsp3) is 0.0952. The van der Waals surface area contributed by atoms with Gasteiger partial charge in [0.05, 0.1) is 23.7 Å². The summed E-state index contributed by atoms with van der Waals surface area (Å²) in [6.45, 7) is 0. The van der Waals surface area contributed by atoms with E-state index < -0.39 is 0 Å². The number of amides is 1. The van der Waals surface area contributed by atoms with Crippen molar-refractivity contribution in [2.24, 2.45) is 0 Å². The SMILES string of the molecule is COc1ccc([C@@H](NC(=O)c2ccccc2Cl)c2ccccc2)cc1. The van der Waals surface area contributed by atoms with Crippen LogP contribution in [0.15, 0.2) is 78.9 Å². The number of rotatable bonds is 5. The number of halogens is 1. The zero-order valence-electron chi connectivity index (χ0n) is 13.8. The predicted molar refractivity (Wildman–Crippen MR) is 100 cm³/mol. The highest BCUT2D eigenvalue weighted by atomic mass is 35.5. The van der Waals surface area contributed by atoms with Crippen LogP contribution in [0.3, 0.4) is 0 Å². The van der Waals surface area contributed by atoms with Crippen LogP contribution in [-0.4, -0.2) is 13.0 Å². The molecule has 0 bridgehead atoms. The number of ether oxygens (including phenoxy) is 1. The van der Waals surface area contributed by atoms with Crippen LogP contribution in [0.25, 0.3) is 0 Å². The molecule has 3 rings (SSSR count). The Balaban J connectivity index is 1.94. The summed E-state index contributed by atoms with van der Waals surface area (Å²) in [4.78, 5) is 12.7. The third-order valence-electron chi connectivity index (χ3n) is 3.98. The molecule has 25 heavy (non-hydrogen) atoms. The summed E-state index contributed by atoms with van der Waals surface area (Å²) in [5.74, 6) is 0.559. The van der Waals surface area contributed by atoms with Crippen molar-refractivity contribution in [2.45, 2.75) is 6.04 Å². The summed E-state index contributed by atoms with van der Waals surface area (Å²) in [6, 6.07) is 24.2. The number of methoxy groups -OCH3 is 1. The van der Waals surface area contributed by atoms with Crippen LogP contribution in [0.4, 0.5) is 0 Å². The van der Waals surface area contributed by atoms with Gasteiger partial charge >= 0.3 is 0 Å². The van der Waals surface area contributed by atoms with E-state index in [0.717, 1.165) is 16.9 Å². The molecule has 1 amide bonds. The molecule has 0 aliphatic rings. The molecule has 0 radical (unpaired) electrons. The molecule has 0 saturated carbocycles. The highest BCUT2D eigenvalue weighted by Gasteiger charge is 2.19. The maximum absolute atomic E-state index is 12.7. The van der Waals surface area contributed by atoms with E-state index in [4.69, 9.17) is 16.3 Å². The van der Waals surface area contributed by atoms with Gasteiger partial charge in [-0.05, 0) is 35.4 Å². The van der Waals surface area contributed by atoms with Gasteiger partial charge in [0, 0.05) is 0 Å². The van der Waals surface area contributed by atoms with E-state index in [9.17, 15) is 4.79 Å². The topological polar surface area (TPSA) is 38.3 Å². The molecule has 0 spiro atoms. The summed E-state index contributed by atoms with van der Waals surface area (Å²) in [6.07, 6.45) is 0. The Morgan fingerprint density at radius 1 is 0.880 bits per heavy atom. The lowest BCUT2D eigenvalue weighted by atomic mass is 9.98. The van der Waals surface area contributed by atoms with E-state index in [0.29, 0.717) is 10.6 Å². The molecule has 1 atom stereocenters. The number of hydrogen-bond acceptors (Lipinski definition) is 2. The van der Waals surface area contributed by atoms with Crippen LogP contribution in [0, 0.1) is 0 Å². The molecule has 3 aromatic rings. The number of nitrogens with one attached hydrogen (secondary N) is 1. The Labute approximate surface area is 152 Å². The van der Waals surface area contributed by atoms with Crippen LogP contribution >= 0.6 is 11.6 Å². The van der Waals surface area contributed by atoms with E-state index >= 15 is 0 Å². The maximum Gasteiger partial charge on any atom is 0.253 e. The highest BCUT2D eigenvalue weighted by molar-refractivity contribution is 6.33. The summed E-state index contributed by atoms with van der Waals surface area (Å²) in [7, 11) is 1.63. The van der Waals surface area contributed by atoms with Gasteiger partial charge in [-0.1, -0.05) is 66.2 Å². The lowest BCUT2D eigenvalue weighted by Crippen LogP contribution is -2.29. The molecule has 0 aliphatic carbocycles. The number of hydrogen-bond donors (Lipinski definition) is 1. The molecule has 0 aromatic heterocycles. The molecule has 0 heterocycles. The molecular formula is C21H18ClNO2. The van der Waals surface area contributed by atoms with E-state index in [-0.39, 0.29) is 11.9 Å². The Kier molecular flexibility index (Phi) is 5.36. The van der Waals surface area contributed by atoms with Crippen molar-refractivity contribution in [1.29, 1.82) is 0 Å². The predicted octanol–water partition coefficient (Wildman–Crippen LogP) is 4.87. The van der Waals surface area contributed by atoms with Gasteiger partial charge in [-0.2, -0.15) is 0 Å². The van der Waals surface area contributed by atoms with Crippen molar-refractivity contribution in [3.8, 4) is 5.75 Å². The van der Waals surface area contributed by atoms with Crippen LogP contribution in [0.2, 0.25) is 5.02 Å². The highest BCUT2D eigenvalue weighted by Crippen LogP contribution is 2.25. The first-order valence-corrected chi connectivity index (χ1v) is 8.31. The van der Waals surface area contributed by atoms with Crippen molar-refractivity contribution in [3.63, 3.8) is 0 Å². The normalized spacial score (nSPS) is 11.6. The van der Waals surface area contributed by atoms with Gasteiger partial charge in [0.2, 0.25) is 0 Å². The lowest BCUT2D eigenvalue weighted by molar-refractivity contribution is 0.0943. The number of carbonyl (C=O) groups is 1. The molecule has 3 nitrogen and oxygen atoms in total. The maximum atomic E-state index is 12.7. The second-order valence-electron chi connectivity index (χ2n) is 5.57. The van der Waals surface area contributed by atoms with Crippen LogP contribution in [0.1, 0.15) is 27.5 Å². The second-order valence-corrected chi connectivity index (χ2v) is 5.98. The fourth-order valence-electron chi connectivity index (χ4n) is 2.66. The zero-order chi connectivity index (χ0) is 17.6. The molecule has 126 valence electrons. The van der Waals surface area contributed by atoms with Crippen molar-refractivity contribution in [2.75, 3.05) is 7.11 Å². The van der Waals surface area contributed by atoms with Crippen molar-refractivity contribution < 1.29 is 9.53 Å². The second kappa shape index (κ2) is 7.86. The Morgan fingerprint density at radius 3 is 2.12 bits per heavy atom. The summed E-state index contributed by atoms with van der Waals surface area (Å²) < 4.78 is 5.22. The van der Waals surface area contributed by atoms with Gasteiger partial charge in [-0.3, -0.25) is 4.79 Å². The minimum atomic E-state index is -0.282. The first-order valence-electron chi connectivity index (χ1n) is 7.93. The van der Waals surface area contributed by atoms with Gasteiger partial charge < -0.3 is 10.1 Å². The standard InChI is InChI=1S/C21H18ClNO2/c1-25-17-13-11-16(12-14-17)20(15-7-3-2-4-8-15)23-21(24)18-9-5-6-10-19(18)22/h2-14,20H,1H3,(H,23,24)/t20-/m0/s1. The monoisotopic (exact) mass is 351 g/mol. The Hall–Kier alpha value is -2.78. The molecule has 0 unspecified atom stereocenters. The summed E-state index contributed by atoms with van der Waals surface area (Å²) in [5.41, 5.74) is 2.42. The van der Waals surface area contributed by atoms with Crippen molar-refractivity contribution >= 4 is 17.5 Å². The Morgan fingerprint density at radius 2 is 1.48 bits per heavy atom. The minimum absolute atomic E-state index is 0.213. The largest absolute Gasteiger partial charge is 0.497 e. The fourth-order valence-corrected chi connectivity index (χ4v) is 2.88. The molecule has 0 aliphatic heterocycles. The van der Waals surface area contributed by atoms with Crippen LogP contribution in [0.5, 0.6) is 5.75 Å². The van der Waals surface area contributed by atoms with E-state index in [1.54, 1.807) is 31.4 Å². The molecular weight excluding hydrogens is 334 g/mol. The molecule has 3 aromatic carbocycles. The van der Waals surface area contributed by atoms with Crippen LogP contribution in [-0.2, 0) is 0 Å². The van der Waals surface area contributed by atoms with E-state index in [1.165, 1.54) is 0 Å². The van der Waals surface area contributed by atoms with Crippen molar-refractivity contribution in [1.82, 2.24) is 5.32 Å². The number of carbonyl (C=O) groups excluding carboxylic acids is 1. The quantitative estimate of drug-likeness (QED) is 0.712. The van der Waals surface area contributed by atoms with E-state index in [1.807, 2.05) is 54.6 Å². The van der Waals surface area contributed by atoms with Gasteiger partial charge in [0.1, 0.15) is 5.75 Å². The van der Waals surface area contributed by atoms with Gasteiger partial charge in [-0.25, -0.2) is 0 Å². The third kappa shape index (κ3) is 4.01. The molecule has 0 fully saturated rings. The van der Waals surface area contributed by atoms with Crippen molar-refractivity contribution in [3.05, 3.63) is 101 Å². The van der Waals surface area contributed by atoms with Gasteiger partial charge in [-0.15, -0.1) is 0 Å². The van der Waals surface area contributed by atoms with Gasteiger partial charge in [0.25, 0.3) is 5.91 Å². The molecule has 0 saturated heterocycles.